The lowest BCUT2D eigenvalue weighted by Gasteiger charge is -2.32. The Labute approximate surface area is 85.1 Å². The van der Waals surface area contributed by atoms with Gasteiger partial charge in [0.1, 0.15) is 6.04 Å². The van der Waals surface area contributed by atoms with Crippen LogP contribution in [0.15, 0.2) is 0 Å². The fraction of sp³-hybridized carbons (Fsp3) is 0.900. The summed E-state index contributed by atoms with van der Waals surface area (Å²) < 4.78 is 0. The molecule has 1 aliphatic rings. The first-order valence-electron chi connectivity index (χ1n) is 5.30. The number of likely N-dealkylation sites (tertiary alicyclic amines) is 1. The molecule has 0 aromatic heterocycles. The number of carboxylic acid groups (broad SMARTS) is 1. The molecule has 0 saturated carbocycles. The monoisotopic (exact) mass is 200 g/mol. The van der Waals surface area contributed by atoms with Crippen LogP contribution in [0.3, 0.4) is 0 Å². The van der Waals surface area contributed by atoms with Gasteiger partial charge in [0.2, 0.25) is 0 Å². The van der Waals surface area contributed by atoms with Gasteiger partial charge in [-0.15, -0.1) is 0 Å². The smallest absolute Gasteiger partial charge is 0.320 e. The molecular weight excluding hydrogens is 180 g/mol. The SMILES string of the molecule is CN1CCCCC1CC[C@@H](N)C(=O)O. The molecule has 0 bridgehead atoms. The van der Waals surface area contributed by atoms with Gasteiger partial charge in [-0.2, -0.15) is 0 Å². The van der Waals surface area contributed by atoms with Crippen LogP contribution in [-0.2, 0) is 4.79 Å². The van der Waals surface area contributed by atoms with Crippen LogP contribution in [0.25, 0.3) is 0 Å². The Morgan fingerprint density at radius 3 is 2.93 bits per heavy atom. The first kappa shape index (κ1) is 11.5. The van der Waals surface area contributed by atoms with E-state index in [4.69, 9.17) is 10.8 Å². The van der Waals surface area contributed by atoms with Crippen molar-refractivity contribution in [1.82, 2.24) is 4.90 Å². The second-order valence-electron chi connectivity index (χ2n) is 4.15. The molecule has 82 valence electrons. The summed E-state index contributed by atoms with van der Waals surface area (Å²) in [5.41, 5.74) is 5.46. The van der Waals surface area contributed by atoms with Crippen molar-refractivity contribution in [3.05, 3.63) is 0 Å². The van der Waals surface area contributed by atoms with Crippen molar-refractivity contribution in [2.45, 2.75) is 44.2 Å². The minimum Gasteiger partial charge on any atom is -0.480 e. The largest absolute Gasteiger partial charge is 0.480 e. The van der Waals surface area contributed by atoms with E-state index in [1.165, 1.54) is 19.3 Å². The second-order valence-corrected chi connectivity index (χ2v) is 4.15. The number of rotatable bonds is 4. The topological polar surface area (TPSA) is 66.6 Å². The minimum absolute atomic E-state index is 0.536. The summed E-state index contributed by atoms with van der Waals surface area (Å²) in [6, 6.07) is -0.153. The average Bonchev–Trinajstić information content (AvgIpc) is 2.16. The number of hydrogen-bond donors (Lipinski definition) is 2. The highest BCUT2D eigenvalue weighted by atomic mass is 16.4. The van der Waals surface area contributed by atoms with Crippen LogP contribution in [-0.4, -0.2) is 41.7 Å². The van der Waals surface area contributed by atoms with Gasteiger partial charge in [0.25, 0.3) is 0 Å². The van der Waals surface area contributed by atoms with Crippen LogP contribution >= 0.6 is 0 Å². The normalized spacial score (nSPS) is 26.0. The molecule has 0 amide bonds. The summed E-state index contributed by atoms with van der Waals surface area (Å²) in [6.07, 6.45) is 5.20. The molecule has 1 rings (SSSR count). The molecule has 0 aliphatic carbocycles. The quantitative estimate of drug-likeness (QED) is 0.699. The van der Waals surface area contributed by atoms with Gasteiger partial charge in [0.15, 0.2) is 0 Å². The Morgan fingerprint density at radius 2 is 2.36 bits per heavy atom. The summed E-state index contributed by atoms with van der Waals surface area (Å²) in [6.45, 7) is 1.13. The zero-order chi connectivity index (χ0) is 10.6. The van der Waals surface area contributed by atoms with E-state index in [1.54, 1.807) is 0 Å². The van der Waals surface area contributed by atoms with Crippen LogP contribution < -0.4 is 5.73 Å². The van der Waals surface area contributed by atoms with E-state index in [0.717, 1.165) is 13.0 Å². The number of nitrogens with zero attached hydrogens (tertiary/aromatic N) is 1. The van der Waals surface area contributed by atoms with E-state index >= 15 is 0 Å². The highest BCUT2D eigenvalue weighted by molar-refractivity contribution is 5.72. The molecule has 1 fully saturated rings. The molecule has 0 radical (unpaired) electrons. The molecule has 1 aliphatic heterocycles. The maximum Gasteiger partial charge on any atom is 0.320 e. The van der Waals surface area contributed by atoms with Crippen LogP contribution in [0, 0.1) is 0 Å². The Kier molecular flexibility index (Phi) is 4.35. The number of hydrogen-bond acceptors (Lipinski definition) is 3. The van der Waals surface area contributed by atoms with E-state index in [2.05, 4.69) is 11.9 Å². The Bertz CT molecular complexity index is 197. The van der Waals surface area contributed by atoms with E-state index in [0.29, 0.717) is 12.5 Å². The van der Waals surface area contributed by atoms with Gasteiger partial charge in [-0.1, -0.05) is 6.42 Å². The molecule has 14 heavy (non-hydrogen) atoms. The average molecular weight is 200 g/mol. The zero-order valence-corrected chi connectivity index (χ0v) is 8.78. The predicted molar refractivity (Wildman–Crippen MR) is 55.1 cm³/mol. The van der Waals surface area contributed by atoms with Gasteiger partial charge in [-0.25, -0.2) is 0 Å². The van der Waals surface area contributed by atoms with Gasteiger partial charge in [0, 0.05) is 6.04 Å². The Morgan fingerprint density at radius 1 is 1.64 bits per heavy atom. The van der Waals surface area contributed by atoms with E-state index in [-0.39, 0.29) is 0 Å². The third-order valence-corrected chi connectivity index (χ3v) is 3.05. The molecule has 1 saturated heterocycles. The number of piperidine rings is 1. The fourth-order valence-electron chi connectivity index (χ4n) is 2.00. The van der Waals surface area contributed by atoms with Crippen molar-refractivity contribution in [3.63, 3.8) is 0 Å². The third-order valence-electron chi connectivity index (χ3n) is 3.05. The van der Waals surface area contributed by atoms with Gasteiger partial charge >= 0.3 is 5.97 Å². The number of carboxylic acids is 1. The fourth-order valence-corrected chi connectivity index (χ4v) is 2.00. The van der Waals surface area contributed by atoms with Crippen molar-refractivity contribution in [2.24, 2.45) is 5.73 Å². The summed E-state index contributed by atoms with van der Waals surface area (Å²) in [5, 5.41) is 8.64. The van der Waals surface area contributed by atoms with Crippen molar-refractivity contribution in [1.29, 1.82) is 0 Å². The van der Waals surface area contributed by atoms with E-state index in [9.17, 15) is 4.79 Å². The maximum atomic E-state index is 10.5. The molecule has 1 heterocycles. The predicted octanol–water partition coefficient (Wildman–Crippen LogP) is 0.663. The van der Waals surface area contributed by atoms with Gasteiger partial charge in [0.05, 0.1) is 0 Å². The lowest BCUT2D eigenvalue weighted by atomic mass is 9.97. The summed E-state index contributed by atoms with van der Waals surface area (Å²) in [7, 11) is 2.11. The van der Waals surface area contributed by atoms with Gasteiger partial charge in [-0.3, -0.25) is 4.79 Å². The third kappa shape index (κ3) is 3.27. The number of aliphatic carboxylic acids is 1. The summed E-state index contributed by atoms with van der Waals surface area (Å²) in [4.78, 5) is 12.8. The van der Waals surface area contributed by atoms with E-state index in [1.807, 2.05) is 0 Å². The van der Waals surface area contributed by atoms with Crippen molar-refractivity contribution in [2.75, 3.05) is 13.6 Å². The lowest BCUT2D eigenvalue weighted by Crippen LogP contribution is -2.38. The molecular formula is C10H20N2O2. The van der Waals surface area contributed by atoms with Crippen LogP contribution in [0.4, 0.5) is 0 Å². The van der Waals surface area contributed by atoms with Crippen molar-refractivity contribution in [3.8, 4) is 0 Å². The van der Waals surface area contributed by atoms with Crippen LogP contribution in [0.2, 0.25) is 0 Å². The molecule has 2 atom stereocenters. The van der Waals surface area contributed by atoms with Crippen molar-refractivity contribution < 1.29 is 9.90 Å². The van der Waals surface area contributed by atoms with E-state index < -0.39 is 12.0 Å². The molecule has 0 aromatic carbocycles. The Hall–Kier alpha value is -0.610. The molecule has 0 spiro atoms. The number of carbonyl (C=O) groups is 1. The first-order valence-corrected chi connectivity index (χ1v) is 5.30. The minimum atomic E-state index is -0.886. The van der Waals surface area contributed by atoms with Gasteiger partial charge in [-0.05, 0) is 39.3 Å². The van der Waals surface area contributed by atoms with Crippen LogP contribution in [0.1, 0.15) is 32.1 Å². The zero-order valence-electron chi connectivity index (χ0n) is 8.78. The maximum absolute atomic E-state index is 10.5. The number of nitrogens with two attached hydrogens (primary N) is 1. The molecule has 3 N–H and O–H groups in total. The Balaban J connectivity index is 2.25. The highest BCUT2D eigenvalue weighted by Crippen LogP contribution is 2.19. The highest BCUT2D eigenvalue weighted by Gasteiger charge is 2.20. The van der Waals surface area contributed by atoms with Crippen LogP contribution in [0.5, 0.6) is 0 Å². The standard InChI is InChI=1S/C10H20N2O2/c1-12-7-3-2-4-8(12)5-6-9(11)10(13)14/h8-9H,2-7,11H2,1H3,(H,13,14)/t8?,9-/m1/s1. The first-order chi connectivity index (χ1) is 6.61. The molecule has 1 unspecified atom stereocenters. The van der Waals surface area contributed by atoms with Gasteiger partial charge < -0.3 is 15.7 Å². The molecule has 4 heteroatoms. The second kappa shape index (κ2) is 5.32. The molecule has 0 aromatic rings. The summed E-state index contributed by atoms with van der Waals surface area (Å²) in [5.74, 6) is -0.886. The van der Waals surface area contributed by atoms with Crippen molar-refractivity contribution >= 4 is 5.97 Å². The lowest BCUT2D eigenvalue weighted by molar-refractivity contribution is -0.138. The molecule has 4 nitrogen and oxygen atoms in total. The summed E-state index contributed by atoms with van der Waals surface area (Å²) >= 11 is 0.